The summed E-state index contributed by atoms with van der Waals surface area (Å²) in [6.45, 7) is 34.5. The van der Waals surface area contributed by atoms with Crippen molar-refractivity contribution in [3.05, 3.63) is 172 Å². The number of methoxy groups -OCH3 is 1. The van der Waals surface area contributed by atoms with Crippen LogP contribution in [0.5, 0.6) is 17.2 Å². The fourth-order valence-corrected chi connectivity index (χ4v) is 13.8. The van der Waals surface area contributed by atoms with E-state index in [9.17, 15) is 33.2 Å². The van der Waals surface area contributed by atoms with Gasteiger partial charge < -0.3 is 53.7 Å². The molecule has 4 N–H and O–H groups in total. The third-order valence-corrected chi connectivity index (χ3v) is 19.8. The number of benzene rings is 6. The maximum absolute atomic E-state index is 14.9. The molecule has 0 atom stereocenters. The number of morpholine rings is 1. The summed E-state index contributed by atoms with van der Waals surface area (Å²) in [7, 11) is 5.27. The number of nitriles is 1. The van der Waals surface area contributed by atoms with Crippen LogP contribution in [0.15, 0.2) is 60.7 Å². The zero-order valence-corrected chi connectivity index (χ0v) is 61.0. The van der Waals surface area contributed by atoms with Crippen molar-refractivity contribution in [3.8, 4) is 23.3 Å². The van der Waals surface area contributed by atoms with Gasteiger partial charge in [0.25, 0.3) is 5.91 Å². The molecule has 1 fully saturated rings. The average molecular weight is 1360 g/mol. The lowest BCUT2D eigenvalue weighted by Crippen LogP contribution is -2.37. The van der Waals surface area contributed by atoms with Crippen LogP contribution in [0.4, 0.5) is 25.8 Å². The quantitative estimate of drug-likeness (QED) is 0.0622. The van der Waals surface area contributed by atoms with Gasteiger partial charge in [-0.2, -0.15) is 5.26 Å². The highest BCUT2D eigenvalue weighted by atomic mass is 19.1. The van der Waals surface area contributed by atoms with Crippen molar-refractivity contribution in [2.75, 3.05) is 115 Å². The SMILES string of the molecule is CNC(=O)c1cc2c(cc1C)CN(CC(=O)c1cc3c(c(C(C)(C)C)c1)OCCN3C)C2=N.COc1c(N2CCOCC2)cc(C(=O)CN2Cc3cc(C)c(C)c(F)c3C2=N)cc1C(C)(C)C.Cc1cc2c(c(F)c1C)C(=N)N(CC(=O)c1cc3c(c(C(C)(C)C)c1)OCCN3CC#N)C2. The van der Waals surface area contributed by atoms with Crippen LogP contribution in [-0.4, -0.2) is 155 Å². The first-order valence-electron chi connectivity index (χ1n) is 34.1. The Morgan fingerprint density at radius 1 is 0.550 bits per heavy atom. The Kier molecular flexibility index (Phi) is 20.8. The minimum absolute atomic E-state index is 0.0174. The maximum Gasteiger partial charge on any atom is 0.251 e. The van der Waals surface area contributed by atoms with Crippen LogP contribution in [-0.2, 0) is 40.6 Å². The summed E-state index contributed by atoms with van der Waals surface area (Å²) in [5.41, 5.74) is 14.4. The second kappa shape index (κ2) is 28.5. The molecule has 0 aromatic heterocycles. The smallest absolute Gasteiger partial charge is 0.251 e. The molecule has 6 aliphatic rings. The molecule has 100 heavy (non-hydrogen) atoms. The minimum atomic E-state index is -0.377. The lowest BCUT2D eigenvalue weighted by atomic mass is 9.84. The lowest BCUT2D eigenvalue weighted by Gasteiger charge is -2.34. The van der Waals surface area contributed by atoms with Gasteiger partial charge in [-0.3, -0.25) is 35.4 Å². The molecule has 6 aliphatic heterocycles. The van der Waals surface area contributed by atoms with Gasteiger partial charge in [-0.15, -0.1) is 0 Å². The van der Waals surface area contributed by atoms with Crippen LogP contribution in [0.2, 0.25) is 0 Å². The number of likely N-dealkylation sites (N-methyl/N-ethyl adjacent to an activating group) is 1. The number of aryl methyl sites for hydroxylation is 3. The van der Waals surface area contributed by atoms with Crippen molar-refractivity contribution in [2.24, 2.45) is 0 Å². The zero-order chi connectivity index (χ0) is 72.9. The number of fused-ring (bicyclic) bond motifs is 5. The van der Waals surface area contributed by atoms with Crippen LogP contribution >= 0.6 is 0 Å². The van der Waals surface area contributed by atoms with E-state index in [0.717, 1.165) is 104 Å². The van der Waals surface area contributed by atoms with Crippen molar-refractivity contribution < 1.29 is 46.9 Å². The number of halogens is 2. The van der Waals surface area contributed by atoms with Gasteiger partial charge in [-0.25, -0.2) is 8.78 Å². The highest BCUT2D eigenvalue weighted by molar-refractivity contribution is 6.09. The van der Waals surface area contributed by atoms with Gasteiger partial charge >= 0.3 is 0 Å². The van der Waals surface area contributed by atoms with E-state index < -0.39 is 0 Å². The number of ether oxygens (including phenoxy) is 4. The predicted octanol–water partition coefficient (Wildman–Crippen LogP) is 12.6. The summed E-state index contributed by atoms with van der Waals surface area (Å²) in [6, 6.07) is 21.0. The molecule has 1 saturated heterocycles. The Morgan fingerprint density at radius 2 is 0.980 bits per heavy atom. The summed E-state index contributed by atoms with van der Waals surface area (Å²) in [5.74, 6) is 1.54. The van der Waals surface area contributed by atoms with Crippen LogP contribution in [0.3, 0.4) is 0 Å². The fourth-order valence-electron chi connectivity index (χ4n) is 13.8. The van der Waals surface area contributed by atoms with E-state index in [1.54, 1.807) is 54.8 Å². The van der Waals surface area contributed by atoms with Crippen LogP contribution in [0, 0.1) is 73.8 Å². The third-order valence-electron chi connectivity index (χ3n) is 19.8. The Hall–Kier alpha value is -9.68. The predicted molar refractivity (Wildman–Crippen MR) is 388 cm³/mol. The highest BCUT2D eigenvalue weighted by Crippen LogP contribution is 2.45. The van der Waals surface area contributed by atoms with E-state index >= 15 is 0 Å². The molecule has 6 heterocycles. The molecular formula is C79H95F2N11O8. The van der Waals surface area contributed by atoms with Crippen LogP contribution in [0.1, 0.15) is 182 Å². The molecule has 528 valence electrons. The number of rotatable bonds is 13. The van der Waals surface area contributed by atoms with Crippen molar-refractivity contribution >= 4 is 57.8 Å². The number of nitrogens with one attached hydrogen (secondary N) is 4. The number of anilines is 3. The first-order chi connectivity index (χ1) is 47.1. The van der Waals surface area contributed by atoms with Gasteiger partial charge in [-0.1, -0.05) is 80.5 Å². The van der Waals surface area contributed by atoms with Gasteiger partial charge in [0.1, 0.15) is 66.1 Å². The molecule has 12 rings (SSSR count). The summed E-state index contributed by atoms with van der Waals surface area (Å²) >= 11 is 0. The Morgan fingerprint density at radius 3 is 1.45 bits per heavy atom. The monoisotopic (exact) mass is 1360 g/mol. The summed E-state index contributed by atoms with van der Waals surface area (Å²) < 4.78 is 53.1. The van der Waals surface area contributed by atoms with Crippen LogP contribution in [0.25, 0.3) is 0 Å². The van der Waals surface area contributed by atoms with Gasteiger partial charge in [0.15, 0.2) is 17.3 Å². The molecule has 21 heteroatoms. The van der Waals surface area contributed by atoms with E-state index in [0.29, 0.717) is 103 Å². The number of amides is 1. The standard InChI is InChI=1S/C27H34FN3O3.C26H29FN4O2.C26H32N4O3/c1-16-11-19-14-31(26(29)23(19)24(28)17(16)2)15-22(32)18-12-20(27(3,4)5)25(33-6)21(13-18)30-7-9-34-10-8-30;1-15-10-18-13-31(25(29)22(18)23(27)16(15)2)14-21(32)17-11-19(26(3,4)5)24-20(12-17)30(7-6-28)8-9-33-24;1-15-9-17-13-30(24(27)19(17)12-18(15)25(32)28-5)14-22(31)16-10-20(26(2,3)4)23-21(11-16)29(6)7-8-33-23/h11-13,29H,7-10,14-15H2,1-6H3;10-12,29H,7-9,13-14H2,1-5H3;9-12,27H,7-8,13-14H2,1-6H3,(H,28,32). The van der Waals surface area contributed by atoms with E-state index in [4.69, 9.17) is 35.2 Å². The summed E-state index contributed by atoms with van der Waals surface area (Å²) in [6.07, 6.45) is 0. The van der Waals surface area contributed by atoms with Crippen molar-refractivity contribution in [2.45, 2.75) is 133 Å². The molecule has 0 unspecified atom stereocenters. The molecular weight excluding hydrogens is 1270 g/mol. The number of hydrogen-bond acceptors (Lipinski definition) is 15. The van der Waals surface area contributed by atoms with E-state index in [2.05, 4.69) is 83.5 Å². The highest BCUT2D eigenvalue weighted by Gasteiger charge is 2.37. The fraction of sp³-hybridized carbons (Fsp3) is 0.443. The normalized spacial score (nSPS) is 15.5. The van der Waals surface area contributed by atoms with E-state index in [1.807, 2.05) is 81.2 Å². The Bertz CT molecular complexity index is 4390. The minimum Gasteiger partial charge on any atom is -0.494 e. The first kappa shape index (κ1) is 73.0. The number of hydrogen-bond donors (Lipinski definition) is 4. The number of Topliss-reactive ketones (excluding diaryl/α,β-unsaturated/α-hetero) is 3. The van der Waals surface area contributed by atoms with Crippen molar-refractivity contribution in [3.63, 3.8) is 0 Å². The lowest BCUT2D eigenvalue weighted by molar-refractivity contribution is 0.0954. The second-order valence-corrected chi connectivity index (χ2v) is 30.0. The van der Waals surface area contributed by atoms with Gasteiger partial charge in [0.2, 0.25) is 0 Å². The van der Waals surface area contributed by atoms with Crippen molar-refractivity contribution in [1.82, 2.24) is 20.0 Å². The Balaban J connectivity index is 0.000000162. The molecule has 0 radical (unpaired) electrons. The summed E-state index contributed by atoms with van der Waals surface area (Å²) in [4.78, 5) is 63.8. The largest absolute Gasteiger partial charge is 0.494 e. The number of amidine groups is 3. The van der Waals surface area contributed by atoms with E-state index in [-0.39, 0.29) is 94.8 Å². The van der Waals surface area contributed by atoms with Crippen LogP contribution < -0.4 is 34.2 Å². The number of nitrogens with zero attached hydrogens (tertiary/aromatic N) is 7. The van der Waals surface area contributed by atoms with E-state index in [1.165, 1.54) is 0 Å². The van der Waals surface area contributed by atoms with Crippen molar-refractivity contribution in [1.29, 1.82) is 21.5 Å². The average Bonchev–Trinajstić information content (AvgIpc) is 0.829. The molecule has 0 spiro atoms. The Labute approximate surface area is 586 Å². The molecule has 6 aromatic rings. The molecule has 0 bridgehead atoms. The molecule has 1 amide bonds. The van der Waals surface area contributed by atoms with Gasteiger partial charge in [0, 0.05) is 91.3 Å². The molecule has 6 aromatic carbocycles. The maximum atomic E-state index is 14.9. The molecule has 19 nitrogen and oxygen atoms in total. The second-order valence-electron chi connectivity index (χ2n) is 30.0. The molecule has 0 aliphatic carbocycles. The third kappa shape index (κ3) is 14.5. The van der Waals surface area contributed by atoms with Gasteiger partial charge in [-0.05, 0) is 138 Å². The topological polar surface area (TPSA) is 232 Å². The van der Waals surface area contributed by atoms with Gasteiger partial charge in [0.05, 0.1) is 87.3 Å². The number of ketones is 3. The zero-order valence-electron chi connectivity index (χ0n) is 61.0. The number of carbonyl (C=O) groups is 4. The summed E-state index contributed by atoms with van der Waals surface area (Å²) in [5, 5.41) is 37.6. The first-order valence-corrected chi connectivity index (χ1v) is 34.1. The number of carbonyl (C=O) groups excluding carboxylic acids is 4. The molecule has 0 saturated carbocycles.